The SMILES string of the molecule is C[C@H]1CNCCN1CC(C)(O)C(=O)O. The van der Waals surface area contributed by atoms with Crippen LogP contribution >= 0.6 is 0 Å². The maximum absolute atomic E-state index is 10.7. The molecule has 0 aromatic carbocycles. The molecule has 0 radical (unpaired) electrons. The van der Waals surface area contributed by atoms with Crippen LogP contribution in [0.2, 0.25) is 0 Å². The minimum absolute atomic E-state index is 0.186. The molecule has 5 nitrogen and oxygen atoms in total. The quantitative estimate of drug-likeness (QED) is 0.554. The predicted molar refractivity (Wildman–Crippen MR) is 52.2 cm³/mol. The number of nitrogens with one attached hydrogen (secondary N) is 1. The Hall–Kier alpha value is -0.650. The van der Waals surface area contributed by atoms with Crippen LogP contribution in [0.3, 0.4) is 0 Å². The first-order valence-corrected chi connectivity index (χ1v) is 4.84. The smallest absolute Gasteiger partial charge is 0.336 e. The van der Waals surface area contributed by atoms with E-state index >= 15 is 0 Å². The molecule has 0 aromatic heterocycles. The fourth-order valence-corrected chi connectivity index (χ4v) is 1.58. The summed E-state index contributed by atoms with van der Waals surface area (Å²) in [6.45, 7) is 6.01. The van der Waals surface area contributed by atoms with Gasteiger partial charge in [-0.15, -0.1) is 0 Å². The molecule has 2 atom stereocenters. The van der Waals surface area contributed by atoms with Crippen molar-refractivity contribution in [2.45, 2.75) is 25.5 Å². The first kappa shape index (κ1) is 11.4. The van der Waals surface area contributed by atoms with Gasteiger partial charge in [0.05, 0.1) is 0 Å². The van der Waals surface area contributed by atoms with Crippen molar-refractivity contribution in [3.8, 4) is 0 Å². The van der Waals surface area contributed by atoms with Crippen molar-refractivity contribution in [3.05, 3.63) is 0 Å². The largest absolute Gasteiger partial charge is 0.479 e. The predicted octanol–water partition coefficient (Wildman–Crippen LogP) is -0.884. The molecule has 0 spiro atoms. The lowest BCUT2D eigenvalue weighted by atomic mass is 10.1. The summed E-state index contributed by atoms with van der Waals surface area (Å²) in [6, 6.07) is 0.273. The first-order chi connectivity index (χ1) is 6.43. The van der Waals surface area contributed by atoms with Crippen LogP contribution in [0.15, 0.2) is 0 Å². The lowest BCUT2D eigenvalue weighted by Gasteiger charge is -2.37. The normalized spacial score (nSPS) is 28.4. The van der Waals surface area contributed by atoms with Crippen molar-refractivity contribution in [2.24, 2.45) is 0 Å². The van der Waals surface area contributed by atoms with Gasteiger partial charge >= 0.3 is 5.97 Å². The second-order valence-corrected chi connectivity index (χ2v) is 4.10. The van der Waals surface area contributed by atoms with E-state index < -0.39 is 11.6 Å². The van der Waals surface area contributed by atoms with Gasteiger partial charge in [-0.05, 0) is 13.8 Å². The zero-order chi connectivity index (χ0) is 10.8. The molecule has 1 aliphatic rings. The number of carboxylic acid groups (broad SMARTS) is 1. The standard InChI is InChI=1S/C9H18N2O3/c1-7-5-10-3-4-11(7)6-9(2,14)8(12)13/h7,10,14H,3-6H2,1-2H3,(H,12,13)/t7-,9?/m0/s1. The van der Waals surface area contributed by atoms with E-state index in [-0.39, 0.29) is 12.6 Å². The number of aliphatic carboxylic acids is 1. The summed E-state index contributed by atoms with van der Waals surface area (Å²) in [4.78, 5) is 12.7. The summed E-state index contributed by atoms with van der Waals surface area (Å²) in [5.74, 6) is -1.16. The molecule has 3 N–H and O–H groups in total. The molecule has 5 heteroatoms. The third kappa shape index (κ3) is 2.67. The van der Waals surface area contributed by atoms with Crippen molar-refractivity contribution >= 4 is 5.97 Å². The van der Waals surface area contributed by atoms with E-state index in [4.69, 9.17) is 5.11 Å². The van der Waals surface area contributed by atoms with Crippen molar-refractivity contribution in [1.29, 1.82) is 0 Å². The summed E-state index contributed by atoms with van der Waals surface area (Å²) in [6.07, 6.45) is 0. The minimum atomic E-state index is -1.65. The summed E-state index contributed by atoms with van der Waals surface area (Å²) < 4.78 is 0. The van der Waals surface area contributed by atoms with Crippen LogP contribution in [-0.4, -0.2) is 58.9 Å². The third-order valence-corrected chi connectivity index (χ3v) is 2.61. The fraction of sp³-hybridized carbons (Fsp3) is 0.889. The van der Waals surface area contributed by atoms with E-state index in [0.717, 1.165) is 19.6 Å². The van der Waals surface area contributed by atoms with Gasteiger partial charge in [-0.1, -0.05) is 0 Å². The maximum Gasteiger partial charge on any atom is 0.336 e. The van der Waals surface area contributed by atoms with E-state index in [0.29, 0.717) is 0 Å². The van der Waals surface area contributed by atoms with Crippen LogP contribution in [-0.2, 0) is 4.79 Å². The van der Waals surface area contributed by atoms with Crippen molar-refractivity contribution in [3.63, 3.8) is 0 Å². The molecule has 0 amide bonds. The number of aliphatic hydroxyl groups is 1. The second-order valence-electron chi connectivity index (χ2n) is 4.10. The molecule has 0 aliphatic carbocycles. The molecule has 1 rings (SSSR count). The summed E-state index contributed by atoms with van der Waals surface area (Å²) in [5.41, 5.74) is -1.65. The van der Waals surface area contributed by atoms with Crippen molar-refractivity contribution < 1.29 is 15.0 Å². The number of piperazine rings is 1. The summed E-state index contributed by atoms with van der Waals surface area (Å²) in [5, 5.41) is 21.6. The molecule has 1 aliphatic heterocycles. The number of carboxylic acids is 1. The molecule has 0 bridgehead atoms. The zero-order valence-electron chi connectivity index (χ0n) is 8.66. The first-order valence-electron chi connectivity index (χ1n) is 4.84. The highest BCUT2D eigenvalue weighted by Crippen LogP contribution is 2.11. The van der Waals surface area contributed by atoms with E-state index in [2.05, 4.69) is 5.32 Å². The van der Waals surface area contributed by atoms with Crippen LogP contribution in [0.4, 0.5) is 0 Å². The second kappa shape index (κ2) is 4.25. The van der Waals surface area contributed by atoms with Gasteiger partial charge < -0.3 is 15.5 Å². The average molecular weight is 202 g/mol. The van der Waals surface area contributed by atoms with E-state index in [1.54, 1.807) is 0 Å². The van der Waals surface area contributed by atoms with Crippen LogP contribution in [0, 0.1) is 0 Å². The minimum Gasteiger partial charge on any atom is -0.479 e. The zero-order valence-corrected chi connectivity index (χ0v) is 8.66. The van der Waals surface area contributed by atoms with Gasteiger partial charge in [0.1, 0.15) is 0 Å². The lowest BCUT2D eigenvalue weighted by Crippen LogP contribution is -2.56. The Balaban J connectivity index is 2.53. The highest BCUT2D eigenvalue weighted by Gasteiger charge is 2.34. The maximum atomic E-state index is 10.7. The molecule has 1 heterocycles. The number of nitrogens with zero attached hydrogens (tertiary/aromatic N) is 1. The van der Waals surface area contributed by atoms with Crippen LogP contribution in [0.5, 0.6) is 0 Å². The Morgan fingerprint density at radius 3 is 2.86 bits per heavy atom. The molecule has 14 heavy (non-hydrogen) atoms. The molecule has 0 aromatic rings. The monoisotopic (exact) mass is 202 g/mol. The molecule has 0 saturated carbocycles. The summed E-state index contributed by atoms with van der Waals surface area (Å²) >= 11 is 0. The molecule has 1 saturated heterocycles. The van der Waals surface area contributed by atoms with Gasteiger partial charge in [-0.25, -0.2) is 4.79 Å². The van der Waals surface area contributed by atoms with Crippen molar-refractivity contribution in [2.75, 3.05) is 26.2 Å². The van der Waals surface area contributed by atoms with Crippen LogP contribution in [0.1, 0.15) is 13.8 Å². The van der Waals surface area contributed by atoms with E-state index in [1.807, 2.05) is 11.8 Å². The van der Waals surface area contributed by atoms with Gasteiger partial charge in [0.25, 0.3) is 0 Å². The molecular formula is C9H18N2O3. The Morgan fingerprint density at radius 1 is 1.71 bits per heavy atom. The highest BCUT2D eigenvalue weighted by molar-refractivity contribution is 5.76. The van der Waals surface area contributed by atoms with Crippen LogP contribution in [0.25, 0.3) is 0 Å². The van der Waals surface area contributed by atoms with Gasteiger partial charge in [0, 0.05) is 32.2 Å². The number of hydrogen-bond donors (Lipinski definition) is 3. The Kier molecular flexibility index (Phi) is 3.47. The van der Waals surface area contributed by atoms with Gasteiger partial charge in [-0.3, -0.25) is 4.90 Å². The average Bonchev–Trinajstić information content (AvgIpc) is 2.08. The van der Waals surface area contributed by atoms with Crippen LogP contribution < -0.4 is 5.32 Å². The number of rotatable bonds is 3. The van der Waals surface area contributed by atoms with Gasteiger partial charge in [-0.2, -0.15) is 0 Å². The van der Waals surface area contributed by atoms with E-state index in [9.17, 15) is 9.90 Å². The molecule has 1 fully saturated rings. The number of carbonyl (C=O) groups is 1. The molecule has 1 unspecified atom stereocenters. The molecular weight excluding hydrogens is 184 g/mol. The van der Waals surface area contributed by atoms with Crippen molar-refractivity contribution in [1.82, 2.24) is 10.2 Å². The van der Waals surface area contributed by atoms with E-state index in [1.165, 1.54) is 6.92 Å². The number of β-amino-alcohol motifs (C(OH)–C–C–N with tert-alkyl or cyclic N) is 1. The topological polar surface area (TPSA) is 72.8 Å². The Bertz CT molecular complexity index is 218. The summed E-state index contributed by atoms with van der Waals surface area (Å²) in [7, 11) is 0. The Morgan fingerprint density at radius 2 is 2.36 bits per heavy atom. The molecule has 82 valence electrons. The number of hydrogen-bond acceptors (Lipinski definition) is 4. The third-order valence-electron chi connectivity index (χ3n) is 2.61. The Labute approximate surface area is 83.7 Å². The van der Waals surface area contributed by atoms with Gasteiger partial charge in [0.15, 0.2) is 5.60 Å². The fourth-order valence-electron chi connectivity index (χ4n) is 1.58. The lowest BCUT2D eigenvalue weighted by molar-refractivity contribution is -0.159. The van der Waals surface area contributed by atoms with Gasteiger partial charge in [0.2, 0.25) is 0 Å². The highest BCUT2D eigenvalue weighted by atomic mass is 16.4.